The number of hydrogen-bond donors (Lipinski definition) is 1. The average Bonchev–Trinajstić information content (AvgIpc) is 2.42. The smallest absolute Gasteiger partial charge is 0.0828 e. The van der Waals surface area contributed by atoms with Gasteiger partial charge in [0.2, 0.25) is 0 Å². The predicted molar refractivity (Wildman–Crippen MR) is 56.2 cm³/mol. The molecule has 2 N–H and O–H groups in total. The fraction of sp³-hybridized carbons (Fsp3) is 0.700. The zero-order valence-corrected chi connectivity index (χ0v) is 9.37. The molecule has 14 heavy (non-hydrogen) atoms. The molecule has 0 saturated carbocycles. The minimum Gasteiger partial charge on any atom is -0.377 e. The van der Waals surface area contributed by atoms with Crippen molar-refractivity contribution in [2.75, 3.05) is 13.7 Å². The van der Waals surface area contributed by atoms with Crippen molar-refractivity contribution < 1.29 is 4.74 Å². The first-order valence-electron chi connectivity index (χ1n) is 4.88. The van der Waals surface area contributed by atoms with E-state index < -0.39 is 0 Å². The van der Waals surface area contributed by atoms with Crippen molar-refractivity contribution in [3.05, 3.63) is 17.0 Å². The first-order valence-corrected chi connectivity index (χ1v) is 4.88. The second kappa shape index (κ2) is 4.57. The maximum absolute atomic E-state index is 5.51. The quantitative estimate of drug-likeness (QED) is 0.788. The van der Waals surface area contributed by atoms with Crippen LogP contribution in [-0.2, 0) is 11.3 Å². The van der Waals surface area contributed by atoms with Gasteiger partial charge in [-0.25, -0.2) is 0 Å². The summed E-state index contributed by atoms with van der Waals surface area (Å²) in [6.07, 6.45) is 0.0986. The third kappa shape index (κ3) is 1.96. The number of nitrogens with zero attached hydrogens (tertiary/aromatic N) is 2. The van der Waals surface area contributed by atoms with E-state index in [0.29, 0.717) is 6.54 Å². The fourth-order valence-corrected chi connectivity index (χ4v) is 1.76. The summed E-state index contributed by atoms with van der Waals surface area (Å²) in [6.45, 7) is 7.47. The molecule has 0 aromatic carbocycles. The molecule has 1 aromatic heterocycles. The van der Waals surface area contributed by atoms with E-state index in [1.165, 1.54) is 5.56 Å². The van der Waals surface area contributed by atoms with E-state index in [1.807, 2.05) is 18.5 Å². The second-order valence-corrected chi connectivity index (χ2v) is 3.47. The lowest BCUT2D eigenvalue weighted by Crippen LogP contribution is -2.12. The summed E-state index contributed by atoms with van der Waals surface area (Å²) in [5.74, 6) is 0. The van der Waals surface area contributed by atoms with Crippen LogP contribution in [0.4, 0.5) is 0 Å². The molecule has 4 heteroatoms. The lowest BCUT2D eigenvalue weighted by molar-refractivity contribution is 0.118. The van der Waals surface area contributed by atoms with Crippen molar-refractivity contribution in [3.63, 3.8) is 0 Å². The van der Waals surface area contributed by atoms with Gasteiger partial charge >= 0.3 is 0 Å². The Morgan fingerprint density at radius 2 is 2.14 bits per heavy atom. The number of nitrogens with two attached hydrogens (primary N) is 1. The SMILES string of the molecule is CO[C@H](C)c1c(C)nn(CCN)c1C. The van der Waals surface area contributed by atoms with Crippen LogP contribution in [0.2, 0.25) is 0 Å². The molecule has 0 unspecified atom stereocenters. The molecule has 0 spiro atoms. The Labute approximate surface area is 85.0 Å². The highest BCUT2D eigenvalue weighted by molar-refractivity contribution is 5.26. The van der Waals surface area contributed by atoms with Crippen LogP contribution >= 0.6 is 0 Å². The highest BCUT2D eigenvalue weighted by atomic mass is 16.5. The van der Waals surface area contributed by atoms with Gasteiger partial charge in [-0.3, -0.25) is 4.68 Å². The second-order valence-electron chi connectivity index (χ2n) is 3.47. The van der Waals surface area contributed by atoms with Crippen molar-refractivity contribution in [2.45, 2.75) is 33.4 Å². The largest absolute Gasteiger partial charge is 0.377 e. The fourth-order valence-electron chi connectivity index (χ4n) is 1.76. The number of ether oxygens (including phenoxy) is 1. The average molecular weight is 197 g/mol. The molecule has 80 valence electrons. The van der Waals surface area contributed by atoms with Crippen molar-refractivity contribution in [2.24, 2.45) is 5.73 Å². The third-order valence-electron chi connectivity index (χ3n) is 2.54. The lowest BCUT2D eigenvalue weighted by Gasteiger charge is -2.10. The molecule has 0 fully saturated rings. The highest BCUT2D eigenvalue weighted by Crippen LogP contribution is 2.23. The molecular weight excluding hydrogens is 178 g/mol. The van der Waals surface area contributed by atoms with Crippen LogP contribution < -0.4 is 5.73 Å². The van der Waals surface area contributed by atoms with E-state index in [2.05, 4.69) is 12.0 Å². The Bertz CT molecular complexity index is 307. The number of aromatic nitrogens is 2. The van der Waals surface area contributed by atoms with Crippen LogP contribution in [0.25, 0.3) is 0 Å². The minimum absolute atomic E-state index is 0.0986. The third-order valence-corrected chi connectivity index (χ3v) is 2.54. The zero-order chi connectivity index (χ0) is 10.7. The number of methoxy groups -OCH3 is 1. The summed E-state index contributed by atoms with van der Waals surface area (Å²) in [7, 11) is 1.71. The minimum atomic E-state index is 0.0986. The Hall–Kier alpha value is -0.870. The topological polar surface area (TPSA) is 53.1 Å². The summed E-state index contributed by atoms with van der Waals surface area (Å²) >= 11 is 0. The Balaban J connectivity index is 3.04. The van der Waals surface area contributed by atoms with Crippen molar-refractivity contribution in [3.8, 4) is 0 Å². The van der Waals surface area contributed by atoms with E-state index in [4.69, 9.17) is 10.5 Å². The van der Waals surface area contributed by atoms with Gasteiger partial charge in [-0.1, -0.05) is 0 Å². The van der Waals surface area contributed by atoms with Gasteiger partial charge in [0.25, 0.3) is 0 Å². The Morgan fingerprint density at radius 1 is 1.50 bits per heavy atom. The molecule has 1 atom stereocenters. The van der Waals surface area contributed by atoms with Crippen molar-refractivity contribution >= 4 is 0 Å². The van der Waals surface area contributed by atoms with Crippen LogP contribution in [0, 0.1) is 13.8 Å². The number of aryl methyl sites for hydroxylation is 1. The normalized spacial score (nSPS) is 13.2. The molecule has 0 bridgehead atoms. The molecular formula is C10H19N3O. The van der Waals surface area contributed by atoms with E-state index in [9.17, 15) is 0 Å². The monoisotopic (exact) mass is 197 g/mol. The molecule has 0 aliphatic carbocycles. The predicted octanol–water partition coefficient (Wildman–Crippen LogP) is 1.17. The molecule has 1 heterocycles. The lowest BCUT2D eigenvalue weighted by atomic mass is 10.1. The Morgan fingerprint density at radius 3 is 2.64 bits per heavy atom. The van der Waals surface area contributed by atoms with Crippen LogP contribution in [-0.4, -0.2) is 23.4 Å². The summed E-state index contributed by atoms with van der Waals surface area (Å²) in [5.41, 5.74) is 8.87. The summed E-state index contributed by atoms with van der Waals surface area (Å²) in [5, 5.41) is 4.43. The zero-order valence-electron chi connectivity index (χ0n) is 9.37. The van der Waals surface area contributed by atoms with Crippen molar-refractivity contribution in [1.82, 2.24) is 9.78 Å². The van der Waals surface area contributed by atoms with E-state index in [1.54, 1.807) is 7.11 Å². The van der Waals surface area contributed by atoms with E-state index >= 15 is 0 Å². The van der Waals surface area contributed by atoms with Crippen molar-refractivity contribution in [1.29, 1.82) is 0 Å². The molecule has 0 aliphatic rings. The van der Waals surface area contributed by atoms with Gasteiger partial charge < -0.3 is 10.5 Å². The van der Waals surface area contributed by atoms with Crippen LogP contribution in [0.15, 0.2) is 0 Å². The summed E-state index contributed by atoms with van der Waals surface area (Å²) < 4.78 is 7.25. The molecule has 4 nitrogen and oxygen atoms in total. The molecule has 0 saturated heterocycles. The molecule has 0 radical (unpaired) electrons. The van der Waals surface area contributed by atoms with E-state index in [0.717, 1.165) is 17.9 Å². The van der Waals surface area contributed by atoms with Gasteiger partial charge in [0, 0.05) is 24.9 Å². The number of hydrogen-bond acceptors (Lipinski definition) is 3. The van der Waals surface area contributed by atoms with Gasteiger partial charge in [-0.15, -0.1) is 0 Å². The van der Waals surface area contributed by atoms with Crippen LogP contribution in [0.3, 0.4) is 0 Å². The summed E-state index contributed by atoms with van der Waals surface area (Å²) in [6, 6.07) is 0. The highest BCUT2D eigenvalue weighted by Gasteiger charge is 2.16. The maximum Gasteiger partial charge on any atom is 0.0828 e. The van der Waals surface area contributed by atoms with Gasteiger partial charge in [-0.2, -0.15) is 5.10 Å². The maximum atomic E-state index is 5.51. The first-order chi connectivity index (χ1) is 6.61. The standard InChI is InChI=1S/C10H19N3O/c1-7-10(9(3)14-4)8(2)13(12-7)6-5-11/h9H,5-6,11H2,1-4H3/t9-/m1/s1. The van der Waals surface area contributed by atoms with E-state index in [-0.39, 0.29) is 6.10 Å². The number of rotatable bonds is 4. The summed E-state index contributed by atoms with van der Waals surface area (Å²) in [4.78, 5) is 0. The van der Waals surface area contributed by atoms with Crippen LogP contribution in [0.5, 0.6) is 0 Å². The van der Waals surface area contributed by atoms with Gasteiger partial charge in [0.15, 0.2) is 0 Å². The first kappa shape index (κ1) is 11.2. The van der Waals surface area contributed by atoms with Gasteiger partial charge in [0.05, 0.1) is 18.3 Å². The molecule has 1 aromatic rings. The van der Waals surface area contributed by atoms with Gasteiger partial charge in [0.1, 0.15) is 0 Å². The molecule has 0 aliphatic heterocycles. The Kier molecular flexibility index (Phi) is 3.66. The molecule has 0 amide bonds. The van der Waals surface area contributed by atoms with Crippen LogP contribution in [0.1, 0.15) is 30.0 Å². The molecule has 1 rings (SSSR count). The van der Waals surface area contributed by atoms with Gasteiger partial charge in [-0.05, 0) is 20.8 Å².